The summed E-state index contributed by atoms with van der Waals surface area (Å²) in [6.07, 6.45) is 0. The Morgan fingerprint density at radius 2 is 1.65 bits per heavy atom. The van der Waals surface area contributed by atoms with Gasteiger partial charge >= 0.3 is 6.03 Å². The van der Waals surface area contributed by atoms with Gasteiger partial charge < -0.3 is 5.32 Å². The van der Waals surface area contributed by atoms with Crippen molar-refractivity contribution in [1.82, 2.24) is 15.4 Å². The van der Waals surface area contributed by atoms with Gasteiger partial charge in [0.05, 0.1) is 5.69 Å². The lowest BCUT2D eigenvalue weighted by atomic mass is 10.1. The molecule has 0 unspecified atom stereocenters. The lowest BCUT2D eigenvalue weighted by Gasteiger charge is -2.11. The Morgan fingerprint density at radius 3 is 2.43 bits per heavy atom. The Bertz CT molecular complexity index is 837. The summed E-state index contributed by atoms with van der Waals surface area (Å²) >= 11 is 0. The SMILES string of the molecule is Cc1cc(C)nc(NNC(=O)Nc2cccc3ccccc23)n1. The van der Waals surface area contributed by atoms with E-state index in [2.05, 4.69) is 26.1 Å². The molecule has 2 amide bonds. The maximum atomic E-state index is 12.1. The van der Waals surface area contributed by atoms with Crippen molar-refractivity contribution in [2.24, 2.45) is 0 Å². The molecule has 2 aromatic carbocycles. The number of anilines is 2. The summed E-state index contributed by atoms with van der Waals surface area (Å²) in [5, 5.41) is 4.86. The van der Waals surface area contributed by atoms with Gasteiger partial charge in [0.2, 0.25) is 5.95 Å². The van der Waals surface area contributed by atoms with Crippen LogP contribution in [0, 0.1) is 13.8 Å². The van der Waals surface area contributed by atoms with Gasteiger partial charge in [0, 0.05) is 16.8 Å². The van der Waals surface area contributed by atoms with E-state index in [-0.39, 0.29) is 6.03 Å². The molecule has 0 spiro atoms. The van der Waals surface area contributed by atoms with E-state index in [4.69, 9.17) is 0 Å². The molecule has 0 atom stereocenters. The van der Waals surface area contributed by atoms with E-state index in [1.165, 1.54) is 0 Å². The van der Waals surface area contributed by atoms with Gasteiger partial charge in [0.25, 0.3) is 0 Å². The Morgan fingerprint density at radius 1 is 0.957 bits per heavy atom. The lowest BCUT2D eigenvalue weighted by Crippen LogP contribution is -2.34. The fourth-order valence-corrected chi connectivity index (χ4v) is 2.38. The number of nitrogens with zero attached hydrogens (tertiary/aromatic N) is 2. The molecule has 3 N–H and O–H groups in total. The van der Waals surface area contributed by atoms with Crippen LogP contribution in [-0.2, 0) is 0 Å². The predicted octanol–water partition coefficient (Wildman–Crippen LogP) is 3.40. The molecule has 23 heavy (non-hydrogen) atoms. The fourth-order valence-electron chi connectivity index (χ4n) is 2.38. The average molecular weight is 307 g/mol. The largest absolute Gasteiger partial charge is 0.337 e. The highest BCUT2D eigenvalue weighted by atomic mass is 16.2. The molecule has 0 radical (unpaired) electrons. The summed E-state index contributed by atoms with van der Waals surface area (Å²) < 4.78 is 0. The van der Waals surface area contributed by atoms with Crippen molar-refractivity contribution in [3.8, 4) is 0 Å². The van der Waals surface area contributed by atoms with Crippen LogP contribution in [0.4, 0.5) is 16.4 Å². The normalized spacial score (nSPS) is 10.3. The molecule has 1 aromatic heterocycles. The number of rotatable bonds is 3. The van der Waals surface area contributed by atoms with Crippen LogP contribution < -0.4 is 16.2 Å². The number of hydrogen-bond acceptors (Lipinski definition) is 4. The molecule has 0 aliphatic rings. The first kappa shape index (κ1) is 14.8. The molecule has 6 nitrogen and oxygen atoms in total. The number of carbonyl (C=O) groups excluding carboxylic acids is 1. The van der Waals surface area contributed by atoms with Crippen molar-refractivity contribution < 1.29 is 4.79 Å². The van der Waals surface area contributed by atoms with Gasteiger partial charge in [-0.15, -0.1) is 0 Å². The third-order valence-electron chi connectivity index (χ3n) is 3.31. The first-order valence-electron chi connectivity index (χ1n) is 7.25. The minimum atomic E-state index is -0.385. The number of carbonyl (C=O) groups is 1. The van der Waals surface area contributed by atoms with Crippen molar-refractivity contribution in [3.05, 3.63) is 59.9 Å². The van der Waals surface area contributed by atoms with Crippen LogP contribution in [-0.4, -0.2) is 16.0 Å². The van der Waals surface area contributed by atoms with Crippen molar-refractivity contribution in [2.45, 2.75) is 13.8 Å². The number of urea groups is 1. The van der Waals surface area contributed by atoms with Gasteiger partial charge in [0.1, 0.15) is 0 Å². The van der Waals surface area contributed by atoms with E-state index in [1.807, 2.05) is 62.4 Å². The zero-order valence-electron chi connectivity index (χ0n) is 12.9. The number of hydrazine groups is 1. The Balaban J connectivity index is 1.69. The van der Waals surface area contributed by atoms with Crippen LogP contribution in [0.5, 0.6) is 0 Å². The molecule has 0 bridgehead atoms. The molecule has 3 rings (SSSR count). The van der Waals surface area contributed by atoms with E-state index in [9.17, 15) is 4.79 Å². The zero-order chi connectivity index (χ0) is 16.2. The smallest absolute Gasteiger partial charge is 0.306 e. The van der Waals surface area contributed by atoms with Crippen LogP contribution in [0.1, 0.15) is 11.4 Å². The van der Waals surface area contributed by atoms with Gasteiger partial charge in [-0.3, -0.25) is 5.43 Å². The Kier molecular flexibility index (Phi) is 4.05. The molecule has 0 saturated carbocycles. The van der Waals surface area contributed by atoms with E-state index in [0.717, 1.165) is 27.8 Å². The third-order valence-corrected chi connectivity index (χ3v) is 3.31. The summed E-state index contributed by atoms with van der Waals surface area (Å²) in [7, 11) is 0. The first-order valence-corrected chi connectivity index (χ1v) is 7.25. The van der Waals surface area contributed by atoms with Gasteiger partial charge in [-0.1, -0.05) is 36.4 Å². The second-order valence-electron chi connectivity index (χ2n) is 5.21. The van der Waals surface area contributed by atoms with E-state index < -0.39 is 0 Å². The molecule has 0 aliphatic heterocycles. The maximum Gasteiger partial charge on any atom is 0.337 e. The number of nitrogens with one attached hydrogen (secondary N) is 3. The molecule has 116 valence electrons. The molecule has 0 saturated heterocycles. The van der Waals surface area contributed by atoms with Crippen molar-refractivity contribution >= 4 is 28.4 Å². The van der Waals surface area contributed by atoms with Crippen LogP contribution in [0.2, 0.25) is 0 Å². The van der Waals surface area contributed by atoms with Gasteiger partial charge in [-0.25, -0.2) is 20.2 Å². The zero-order valence-corrected chi connectivity index (χ0v) is 12.9. The minimum absolute atomic E-state index is 0.357. The molecule has 1 heterocycles. The van der Waals surface area contributed by atoms with Crippen LogP contribution in [0.25, 0.3) is 10.8 Å². The Labute approximate surface area is 133 Å². The topological polar surface area (TPSA) is 78.9 Å². The highest BCUT2D eigenvalue weighted by molar-refractivity contribution is 6.01. The number of benzene rings is 2. The molecule has 6 heteroatoms. The van der Waals surface area contributed by atoms with Gasteiger partial charge in [-0.2, -0.15) is 0 Å². The first-order chi connectivity index (χ1) is 11.1. The fraction of sp³-hybridized carbons (Fsp3) is 0.118. The summed E-state index contributed by atoms with van der Waals surface area (Å²) in [6, 6.07) is 15.1. The van der Waals surface area contributed by atoms with Crippen LogP contribution in [0.3, 0.4) is 0 Å². The third kappa shape index (κ3) is 3.55. The summed E-state index contributed by atoms with van der Waals surface area (Å²) in [5.41, 5.74) is 7.65. The van der Waals surface area contributed by atoms with Crippen LogP contribution in [0.15, 0.2) is 48.5 Å². The standard InChI is InChI=1S/C17H17N5O/c1-11-10-12(2)19-16(18-11)21-22-17(23)20-15-9-5-7-13-6-3-4-8-14(13)15/h3-10H,1-2H3,(H,18,19,21)(H2,20,22,23). The average Bonchev–Trinajstić information content (AvgIpc) is 2.52. The molecule has 0 fully saturated rings. The number of amides is 2. The van der Waals surface area contributed by atoms with Gasteiger partial charge in [-0.05, 0) is 31.4 Å². The Hall–Kier alpha value is -3.15. The number of fused-ring (bicyclic) bond motifs is 1. The van der Waals surface area contributed by atoms with Crippen molar-refractivity contribution in [1.29, 1.82) is 0 Å². The molecule has 3 aromatic rings. The number of aromatic nitrogens is 2. The second-order valence-corrected chi connectivity index (χ2v) is 5.21. The second kappa shape index (κ2) is 6.31. The summed E-state index contributed by atoms with van der Waals surface area (Å²) in [4.78, 5) is 20.5. The maximum absolute atomic E-state index is 12.1. The lowest BCUT2D eigenvalue weighted by molar-refractivity contribution is 0.253. The summed E-state index contributed by atoms with van der Waals surface area (Å²) in [5.74, 6) is 0.357. The van der Waals surface area contributed by atoms with Crippen LogP contribution >= 0.6 is 0 Å². The predicted molar refractivity (Wildman–Crippen MR) is 91.2 cm³/mol. The molecular weight excluding hydrogens is 290 g/mol. The van der Waals surface area contributed by atoms with E-state index in [0.29, 0.717) is 5.95 Å². The minimum Gasteiger partial charge on any atom is -0.306 e. The molecule has 0 aliphatic carbocycles. The number of hydrogen-bond donors (Lipinski definition) is 3. The van der Waals surface area contributed by atoms with E-state index in [1.54, 1.807) is 0 Å². The number of aryl methyl sites for hydroxylation is 2. The van der Waals surface area contributed by atoms with Gasteiger partial charge in [0.15, 0.2) is 0 Å². The quantitative estimate of drug-likeness (QED) is 0.648. The highest BCUT2D eigenvalue weighted by Crippen LogP contribution is 2.22. The summed E-state index contributed by atoms with van der Waals surface area (Å²) in [6.45, 7) is 3.74. The van der Waals surface area contributed by atoms with Crippen molar-refractivity contribution in [2.75, 3.05) is 10.7 Å². The monoisotopic (exact) mass is 307 g/mol. The van der Waals surface area contributed by atoms with E-state index >= 15 is 0 Å². The highest BCUT2D eigenvalue weighted by Gasteiger charge is 2.06. The van der Waals surface area contributed by atoms with Crippen molar-refractivity contribution in [3.63, 3.8) is 0 Å². The molecular formula is C17H17N5O.